The van der Waals surface area contributed by atoms with E-state index in [1.54, 1.807) is 0 Å². The van der Waals surface area contributed by atoms with Gasteiger partial charge in [0.05, 0.1) is 5.56 Å². The Morgan fingerprint density at radius 2 is 1.89 bits per heavy atom. The monoisotopic (exact) mass is 336 g/mol. The van der Waals surface area contributed by atoms with Gasteiger partial charge in [-0.25, -0.2) is 0 Å². The van der Waals surface area contributed by atoms with Crippen molar-refractivity contribution in [3.8, 4) is 0 Å². The quantitative estimate of drug-likeness (QED) is 0.851. The third kappa shape index (κ3) is 3.63. The zero-order valence-corrected chi connectivity index (χ0v) is 11.9. The maximum Gasteiger partial charge on any atom is 0.416 e. The van der Waals surface area contributed by atoms with Gasteiger partial charge < -0.3 is 11.1 Å². The standard InChI is InChI=1S/C13H16BrF3N2/c14-9-7-8(13(15,16)17)5-6-11(9)19-12-4-2-1-3-10(12)18/h5-7,10,12,19H,1-4,18H2. The second kappa shape index (κ2) is 5.71. The first kappa shape index (κ1) is 14.7. The first-order valence-corrected chi connectivity index (χ1v) is 7.06. The molecule has 19 heavy (non-hydrogen) atoms. The Morgan fingerprint density at radius 1 is 1.21 bits per heavy atom. The minimum absolute atomic E-state index is 0.0583. The fourth-order valence-electron chi connectivity index (χ4n) is 2.35. The van der Waals surface area contributed by atoms with Crippen LogP contribution in [0.1, 0.15) is 31.2 Å². The van der Waals surface area contributed by atoms with Gasteiger partial charge in [0.1, 0.15) is 0 Å². The van der Waals surface area contributed by atoms with E-state index < -0.39 is 11.7 Å². The van der Waals surface area contributed by atoms with Gasteiger partial charge in [-0.1, -0.05) is 12.8 Å². The molecular formula is C13H16BrF3N2. The molecule has 1 saturated carbocycles. The van der Waals surface area contributed by atoms with Crippen molar-refractivity contribution in [1.82, 2.24) is 0 Å². The normalized spacial score (nSPS) is 24.3. The van der Waals surface area contributed by atoms with Gasteiger partial charge in [-0.05, 0) is 47.0 Å². The van der Waals surface area contributed by atoms with Crippen LogP contribution in [0.5, 0.6) is 0 Å². The summed E-state index contributed by atoms with van der Waals surface area (Å²) in [5.74, 6) is 0. The van der Waals surface area contributed by atoms with Gasteiger partial charge in [0.2, 0.25) is 0 Å². The second-order valence-corrected chi connectivity index (χ2v) is 5.75. The maximum atomic E-state index is 12.6. The molecule has 0 saturated heterocycles. The van der Waals surface area contributed by atoms with Crippen LogP contribution < -0.4 is 11.1 Å². The molecule has 0 spiro atoms. The highest BCUT2D eigenvalue weighted by Crippen LogP contribution is 2.34. The summed E-state index contributed by atoms with van der Waals surface area (Å²) in [5, 5.41) is 3.24. The highest BCUT2D eigenvalue weighted by molar-refractivity contribution is 9.10. The van der Waals surface area contributed by atoms with Crippen LogP contribution in [0.25, 0.3) is 0 Å². The lowest BCUT2D eigenvalue weighted by Gasteiger charge is -2.30. The largest absolute Gasteiger partial charge is 0.416 e. The average Bonchev–Trinajstić information content (AvgIpc) is 2.33. The number of rotatable bonds is 2. The van der Waals surface area contributed by atoms with Gasteiger partial charge in [0.15, 0.2) is 0 Å². The number of benzene rings is 1. The fraction of sp³-hybridized carbons (Fsp3) is 0.538. The Kier molecular flexibility index (Phi) is 4.40. The Morgan fingerprint density at radius 3 is 2.47 bits per heavy atom. The van der Waals surface area contributed by atoms with Crippen LogP contribution in [-0.2, 0) is 6.18 Å². The van der Waals surface area contributed by atoms with Gasteiger partial charge in [-0.15, -0.1) is 0 Å². The molecule has 1 aliphatic carbocycles. The molecule has 1 aromatic rings. The van der Waals surface area contributed by atoms with Gasteiger partial charge in [0, 0.05) is 22.2 Å². The van der Waals surface area contributed by atoms with E-state index in [2.05, 4.69) is 21.2 Å². The molecule has 1 fully saturated rings. The average molecular weight is 337 g/mol. The number of nitrogens with two attached hydrogens (primary N) is 1. The number of hydrogen-bond donors (Lipinski definition) is 2. The summed E-state index contributed by atoms with van der Waals surface area (Å²) in [6.07, 6.45) is -0.190. The molecule has 0 heterocycles. The van der Waals surface area contributed by atoms with Crippen LogP contribution >= 0.6 is 15.9 Å². The number of anilines is 1. The van der Waals surface area contributed by atoms with E-state index in [0.29, 0.717) is 10.2 Å². The van der Waals surface area contributed by atoms with Crippen molar-refractivity contribution in [1.29, 1.82) is 0 Å². The predicted molar refractivity (Wildman–Crippen MR) is 73.0 cm³/mol. The van der Waals surface area contributed by atoms with Crippen molar-refractivity contribution in [3.05, 3.63) is 28.2 Å². The summed E-state index contributed by atoms with van der Waals surface area (Å²) < 4.78 is 38.1. The maximum absolute atomic E-state index is 12.6. The van der Waals surface area contributed by atoms with E-state index in [0.717, 1.165) is 37.8 Å². The molecule has 1 aromatic carbocycles. The first-order chi connectivity index (χ1) is 8.88. The topological polar surface area (TPSA) is 38.0 Å². The van der Waals surface area contributed by atoms with E-state index in [-0.39, 0.29) is 12.1 Å². The number of nitrogens with one attached hydrogen (secondary N) is 1. The van der Waals surface area contributed by atoms with Crippen LogP contribution in [-0.4, -0.2) is 12.1 Å². The first-order valence-electron chi connectivity index (χ1n) is 6.27. The van der Waals surface area contributed by atoms with Crippen molar-refractivity contribution in [2.75, 3.05) is 5.32 Å². The third-order valence-corrected chi connectivity index (χ3v) is 4.11. The third-order valence-electron chi connectivity index (χ3n) is 3.46. The van der Waals surface area contributed by atoms with Gasteiger partial charge >= 0.3 is 6.18 Å². The number of halogens is 4. The van der Waals surface area contributed by atoms with Crippen LogP contribution in [0.15, 0.2) is 22.7 Å². The molecule has 0 bridgehead atoms. The molecule has 3 N–H and O–H groups in total. The summed E-state index contributed by atoms with van der Waals surface area (Å²) in [4.78, 5) is 0. The molecular weight excluding hydrogens is 321 g/mol. The van der Waals surface area contributed by atoms with E-state index in [1.807, 2.05) is 0 Å². The van der Waals surface area contributed by atoms with E-state index in [4.69, 9.17) is 5.73 Å². The van der Waals surface area contributed by atoms with Gasteiger partial charge in [-0.3, -0.25) is 0 Å². The molecule has 106 valence electrons. The van der Waals surface area contributed by atoms with Crippen molar-refractivity contribution >= 4 is 21.6 Å². The summed E-state index contributed by atoms with van der Waals surface area (Å²) in [6.45, 7) is 0. The molecule has 0 radical (unpaired) electrons. The summed E-state index contributed by atoms with van der Waals surface area (Å²) >= 11 is 3.18. The highest BCUT2D eigenvalue weighted by Gasteiger charge is 2.31. The lowest BCUT2D eigenvalue weighted by molar-refractivity contribution is -0.137. The minimum Gasteiger partial charge on any atom is -0.380 e. The van der Waals surface area contributed by atoms with Crippen molar-refractivity contribution in [3.63, 3.8) is 0 Å². The Bertz CT molecular complexity index is 448. The number of alkyl halides is 3. The van der Waals surface area contributed by atoms with Crippen LogP contribution in [0.2, 0.25) is 0 Å². The van der Waals surface area contributed by atoms with Crippen molar-refractivity contribution in [2.24, 2.45) is 5.73 Å². The van der Waals surface area contributed by atoms with Gasteiger partial charge in [0.25, 0.3) is 0 Å². The van der Waals surface area contributed by atoms with Crippen LogP contribution in [0, 0.1) is 0 Å². The second-order valence-electron chi connectivity index (χ2n) is 4.89. The zero-order valence-electron chi connectivity index (χ0n) is 10.3. The van der Waals surface area contributed by atoms with E-state index in [1.165, 1.54) is 6.07 Å². The molecule has 1 aliphatic rings. The Labute approximate surface area is 118 Å². The van der Waals surface area contributed by atoms with Crippen molar-refractivity contribution < 1.29 is 13.2 Å². The lowest BCUT2D eigenvalue weighted by Crippen LogP contribution is -2.42. The zero-order chi connectivity index (χ0) is 14.0. The Hall–Kier alpha value is -0.750. The summed E-state index contributed by atoms with van der Waals surface area (Å²) in [5.41, 5.74) is 6.03. The summed E-state index contributed by atoms with van der Waals surface area (Å²) in [7, 11) is 0. The molecule has 0 aliphatic heterocycles. The molecule has 2 rings (SSSR count). The molecule has 6 heteroatoms. The summed E-state index contributed by atoms with van der Waals surface area (Å²) in [6, 6.07) is 3.82. The minimum atomic E-state index is -4.32. The number of hydrogen-bond acceptors (Lipinski definition) is 2. The van der Waals surface area contributed by atoms with Crippen LogP contribution in [0.4, 0.5) is 18.9 Å². The lowest BCUT2D eigenvalue weighted by atomic mass is 9.91. The highest BCUT2D eigenvalue weighted by atomic mass is 79.9. The van der Waals surface area contributed by atoms with E-state index in [9.17, 15) is 13.2 Å². The smallest absolute Gasteiger partial charge is 0.380 e. The predicted octanol–water partition coefficient (Wildman–Crippen LogP) is 4.15. The van der Waals surface area contributed by atoms with E-state index >= 15 is 0 Å². The Balaban J connectivity index is 2.13. The SMILES string of the molecule is NC1CCCCC1Nc1ccc(C(F)(F)F)cc1Br. The fourth-order valence-corrected chi connectivity index (χ4v) is 2.84. The van der Waals surface area contributed by atoms with Gasteiger partial charge in [-0.2, -0.15) is 13.2 Å². The molecule has 2 unspecified atom stereocenters. The van der Waals surface area contributed by atoms with Crippen molar-refractivity contribution in [2.45, 2.75) is 43.9 Å². The molecule has 0 amide bonds. The molecule has 0 aromatic heterocycles. The molecule has 2 atom stereocenters. The van der Waals surface area contributed by atoms with Crippen LogP contribution in [0.3, 0.4) is 0 Å². The molecule has 2 nitrogen and oxygen atoms in total.